The second kappa shape index (κ2) is 6.14. The van der Waals surface area contributed by atoms with Gasteiger partial charge in [0.25, 0.3) is 0 Å². The zero-order valence-corrected chi connectivity index (χ0v) is 15.5. The van der Waals surface area contributed by atoms with Crippen LogP contribution in [0.3, 0.4) is 0 Å². The molecule has 0 radical (unpaired) electrons. The molecule has 0 saturated carbocycles. The lowest BCUT2D eigenvalue weighted by Gasteiger charge is -2.31. The van der Waals surface area contributed by atoms with Crippen molar-refractivity contribution >= 4 is 23.3 Å². The van der Waals surface area contributed by atoms with Crippen LogP contribution in [0.15, 0.2) is 6.20 Å². The SMILES string of the molecule is Cc1nn(C)c(Cl)c1C1CC(=O)Nc2c1cnn2C1CCN(C)CC1. The van der Waals surface area contributed by atoms with E-state index in [4.69, 9.17) is 11.6 Å². The van der Waals surface area contributed by atoms with Crippen LogP contribution in [0, 0.1) is 6.92 Å². The lowest BCUT2D eigenvalue weighted by atomic mass is 9.87. The van der Waals surface area contributed by atoms with E-state index in [-0.39, 0.29) is 11.8 Å². The van der Waals surface area contributed by atoms with Crippen LogP contribution in [-0.2, 0) is 11.8 Å². The van der Waals surface area contributed by atoms with Crippen LogP contribution in [0.2, 0.25) is 5.15 Å². The maximum Gasteiger partial charge on any atom is 0.226 e. The van der Waals surface area contributed by atoms with Crippen molar-refractivity contribution in [2.24, 2.45) is 7.05 Å². The van der Waals surface area contributed by atoms with Gasteiger partial charge in [0.1, 0.15) is 11.0 Å². The van der Waals surface area contributed by atoms with Crippen LogP contribution < -0.4 is 5.32 Å². The molecule has 4 heterocycles. The summed E-state index contributed by atoms with van der Waals surface area (Å²) >= 11 is 6.47. The Bertz CT molecular complexity index is 817. The molecule has 1 saturated heterocycles. The van der Waals surface area contributed by atoms with Crippen molar-refractivity contribution in [3.05, 3.63) is 28.2 Å². The van der Waals surface area contributed by atoms with Crippen molar-refractivity contribution < 1.29 is 4.79 Å². The number of likely N-dealkylation sites (tertiary alicyclic amines) is 1. The van der Waals surface area contributed by atoms with E-state index in [9.17, 15) is 4.79 Å². The van der Waals surface area contributed by atoms with Crippen molar-refractivity contribution in [1.29, 1.82) is 0 Å². The summed E-state index contributed by atoms with van der Waals surface area (Å²) in [5.74, 6) is 0.742. The van der Waals surface area contributed by atoms with Gasteiger partial charge >= 0.3 is 0 Å². The number of hydrogen-bond donors (Lipinski definition) is 1. The highest BCUT2D eigenvalue weighted by atomic mass is 35.5. The molecule has 2 aromatic rings. The molecule has 25 heavy (non-hydrogen) atoms. The lowest BCUT2D eigenvalue weighted by molar-refractivity contribution is -0.116. The molecule has 2 aromatic heterocycles. The number of aromatic nitrogens is 4. The predicted octanol–water partition coefficient (Wildman–Crippen LogP) is 2.32. The summed E-state index contributed by atoms with van der Waals surface area (Å²) < 4.78 is 3.67. The van der Waals surface area contributed by atoms with Gasteiger partial charge in [0.15, 0.2) is 0 Å². The molecule has 1 fully saturated rings. The Morgan fingerprint density at radius 2 is 2.00 bits per heavy atom. The van der Waals surface area contributed by atoms with Crippen molar-refractivity contribution in [2.75, 3.05) is 25.5 Å². The number of aryl methyl sites for hydroxylation is 2. The molecule has 1 unspecified atom stereocenters. The highest BCUT2D eigenvalue weighted by molar-refractivity contribution is 6.30. The molecule has 1 atom stereocenters. The van der Waals surface area contributed by atoms with E-state index in [0.717, 1.165) is 48.6 Å². The monoisotopic (exact) mass is 362 g/mol. The zero-order valence-electron chi connectivity index (χ0n) is 14.8. The summed E-state index contributed by atoms with van der Waals surface area (Å²) in [4.78, 5) is 14.7. The molecule has 7 nitrogen and oxygen atoms in total. The maximum atomic E-state index is 12.4. The number of anilines is 1. The van der Waals surface area contributed by atoms with Crippen LogP contribution >= 0.6 is 11.6 Å². The van der Waals surface area contributed by atoms with E-state index < -0.39 is 0 Å². The van der Waals surface area contributed by atoms with E-state index in [1.807, 2.05) is 24.9 Å². The van der Waals surface area contributed by atoms with Crippen molar-refractivity contribution in [2.45, 2.75) is 38.1 Å². The lowest BCUT2D eigenvalue weighted by Crippen LogP contribution is -2.33. The molecule has 2 aliphatic rings. The number of hydrogen-bond acceptors (Lipinski definition) is 4. The fraction of sp³-hybridized carbons (Fsp3) is 0.588. The molecule has 4 rings (SSSR count). The molecule has 1 N–H and O–H groups in total. The Morgan fingerprint density at radius 1 is 1.28 bits per heavy atom. The Balaban J connectivity index is 1.74. The maximum absolute atomic E-state index is 12.4. The van der Waals surface area contributed by atoms with Gasteiger partial charge in [0.2, 0.25) is 5.91 Å². The van der Waals surface area contributed by atoms with Crippen LogP contribution in [0.4, 0.5) is 5.82 Å². The first kappa shape index (κ1) is 16.6. The van der Waals surface area contributed by atoms with Crippen LogP contribution in [0.5, 0.6) is 0 Å². The fourth-order valence-electron chi connectivity index (χ4n) is 4.05. The van der Waals surface area contributed by atoms with Gasteiger partial charge in [-0.1, -0.05) is 11.6 Å². The first-order valence-electron chi connectivity index (χ1n) is 8.70. The van der Waals surface area contributed by atoms with Gasteiger partial charge in [-0.05, 0) is 39.9 Å². The minimum atomic E-state index is -0.0926. The standard InChI is InChI=1S/C17H23ClN6O/c1-10-15(16(18)23(3)21-10)12-8-14(25)20-17-13(12)9-19-24(17)11-4-6-22(2)7-5-11/h9,11-12H,4-8H2,1-3H3,(H,20,25). The number of amides is 1. The Labute approximate surface area is 151 Å². The van der Waals surface area contributed by atoms with Gasteiger partial charge in [0.05, 0.1) is 17.9 Å². The van der Waals surface area contributed by atoms with Crippen molar-refractivity contribution in [3.63, 3.8) is 0 Å². The van der Waals surface area contributed by atoms with Gasteiger partial charge in [-0.25, -0.2) is 4.68 Å². The van der Waals surface area contributed by atoms with Gasteiger partial charge in [-0.15, -0.1) is 0 Å². The smallest absolute Gasteiger partial charge is 0.226 e. The van der Waals surface area contributed by atoms with Crippen molar-refractivity contribution in [3.8, 4) is 0 Å². The summed E-state index contributed by atoms with van der Waals surface area (Å²) in [5, 5.41) is 12.7. The largest absolute Gasteiger partial charge is 0.311 e. The average Bonchev–Trinajstić information content (AvgIpc) is 3.09. The van der Waals surface area contributed by atoms with Crippen LogP contribution in [0.25, 0.3) is 0 Å². The molecular weight excluding hydrogens is 340 g/mol. The number of rotatable bonds is 2. The van der Waals surface area contributed by atoms with E-state index >= 15 is 0 Å². The van der Waals surface area contributed by atoms with E-state index in [0.29, 0.717) is 17.6 Å². The zero-order chi connectivity index (χ0) is 17.7. The molecule has 0 spiro atoms. The molecule has 0 aliphatic carbocycles. The minimum absolute atomic E-state index is 0.00602. The molecular formula is C17H23ClN6O. The first-order chi connectivity index (χ1) is 12.0. The molecule has 0 bridgehead atoms. The number of carbonyl (C=O) groups is 1. The Hall–Kier alpha value is -1.86. The third-order valence-electron chi connectivity index (χ3n) is 5.43. The number of fused-ring (bicyclic) bond motifs is 1. The van der Waals surface area contributed by atoms with Gasteiger partial charge in [0, 0.05) is 30.5 Å². The Morgan fingerprint density at radius 3 is 2.64 bits per heavy atom. The van der Waals surface area contributed by atoms with Crippen LogP contribution in [-0.4, -0.2) is 50.5 Å². The van der Waals surface area contributed by atoms with Crippen LogP contribution in [0.1, 0.15) is 48.0 Å². The average molecular weight is 363 g/mol. The molecule has 1 amide bonds. The molecule has 8 heteroatoms. The second-order valence-electron chi connectivity index (χ2n) is 7.15. The third kappa shape index (κ3) is 2.75. The Kier molecular flexibility index (Phi) is 4.08. The topological polar surface area (TPSA) is 68.0 Å². The summed E-state index contributed by atoms with van der Waals surface area (Å²) in [5.41, 5.74) is 2.84. The number of carbonyl (C=O) groups excluding carboxylic acids is 1. The quantitative estimate of drug-likeness (QED) is 0.890. The minimum Gasteiger partial charge on any atom is -0.311 e. The van der Waals surface area contributed by atoms with E-state index in [1.54, 1.807) is 4.68 Å². The van der Waals surface area contributed by atoms with Gasteiger partial charge in [-0.3, -0.25) is 9.48 Å². The third-order valence-corrected chi connectivity index (χ3v) is 5.87. The van der Waals surface area contributed by atoms with Gasteiger partial charge in [-0.2, -0.15) is 10.2 Å². The normalized spacial score (nSPS) is 22.1. The summed E-state index contributed by atoms with van der Waals surface area (Å²) in [6.45, 7) is 4.03. The number of piperidine rings is 1. The summed E-state index contributed by atoms with van der Waals surface area (Å²) in [6, 6.07) is 0.324. The first-order valence-corrected chi connectivity index (χ1v) is 9.08. The highest BCUT2D eigenvalue weighted by Gasteiger charge is 2.35. The summed E-state index contributed by atoms with van der Waals surface area (Å²) in [7, 11) is 3.96. The number of nitrogens with one attached hydrogen (secondary N) is 1. The summed E-state index contributed by atoms with van der Waals surface area (Å²) in [6.07, 6.45) is 4.34. The van der Waals surface area contributed by atoms with E-state index in [1.165, 1.54) is 0 Å². The highest BCUT2D eigenvalue weighted by Crippen LogP contribution is 2.42. The predicted molar refractivity (Wildman–Crippen MR) is 96.0 cm³/mol. The number of nitrogens with zero attached hydrogens (tertiary/aromatic N) is 5. The molecule has 2 aliphatic heterocycles. The molecule has 134 valence electrons. The second-order valence-corrected chi connectivity index (χ2v) is 7.50. The van der Waals surface area contributed by atoms with E-state index in [2.05, 4.69) is 27.5 Å². The fourth-order valence-corrected chi connectivity index (χ4v) is 4.36. The molecule has 0 aromatic carbocycles. The van der Waals surface area contributed by atoms with Crippen molar-refractivity contribution in [1.82, 2.24) is 24.5 Å². The number of halogens is 1. The van der Waals surface area contributed by atoms with Gasteiger partial charge < -0.3 is 10.2 Å².